The van der Waals surface area contributed by atoms with Gasteiger partial charge in [0.2, 0.25) is 5.91 Å². The number of nitro benzene ring substituents is 1. The van der Waals surface area contributed by atoms with E-state index in [1.165, 1.54) is 16.8 Å². The Hall–Kier alpha value is -3.06. The number of non-ortho nitro benzene ring substituents is 1. The van der Waals surface area contributed by atoms with Gasteiger partial charge in [0.05, 0.1) is 20.1 Å². The van der Waals surface area contributed by atoms with Crippen molar-refractivity contribution in [2.75, 3.05) is 13.1 Å². The van der Waals surface area contributed by atoms with Crippen LogP contribution in [-0.4, -0.2) is 33.8 Å². The van der Waals surface area contributed by atoms with Crippen LogP contribution in [-0.2, 0) is 4.79 Å². The van der Waals surface area contributed by atoms with E-state index in [4.69, 9.17) is 4.98 Å². The molecule has 0 unspecified atom stereocenters. The van der Waals surface area contributed by atoms with E-state index >= 15 is 0 Å². The Bertz CT molecular complexity index is 1010. The van der Waals surface area contributed by atoms with Crippen molar-refractivity contribution >= 4 is 39.2 Å². The van der Waals surface area contributed by atoms with Gasteiger partial charge in [-0.15, -0.1) is 11.3 Å². The van der Waals surface area contributed by atoms with Crippen LogP contribution in [0.15, 0.2) is 54.6 Å². The molecule has 1 atom stereocenters. The standard InChI is InChI=1S/C21H19N3O3S/c25-20(12-9-15-7-10-17(11-8-15)24(26)27)23-13-3-4-16(14-23)21-22-18-5-1-2-6-19(18)28-21/h1-2,5-12,16H,3-4,13-14H2/b12-9+/t16-/m0/s1. The highest BCUT2D eigenvalue weighted by Gasteiger charge is 2.26. The Labute approximate surface area is 166 Å². The van der Waals surface area contributed by atoms with Gasteiger partial charge in [-0.2, -0.15) is 0 Å². The maximum absolute atomic E-state index is 12.6. The number of hydrogen-bond donors (Lipinski definition) is 0. The molecular weight excluding hydrogens is 374 g/mol. The Morgan fingerprint density at radius 1 is 1.21 bits per heavy atom. The van der Waals surface area contributed by atoms with E-state index in [2.05, 4.69) is 6.07 Å². The van der Waals surface area contributed by atoms with Crippen LogP contribution in [0.3, 0.4) is 0 Å². The van der Waals surface area contributed by atoms with E-state index < -0.39 is 4.92 Å². The number of piperidine rings is 1. The van der Waals surface area contributed by atoms with E-state index in [0.717, 1.165) is 35.5 Å². The summed E-state index contributed by atoms with van der Waals surface area (Å²) in [5.74, 6) is 0.229. The molecule has 28 heavy (non-hydrogen) atoms. The first-order chi connectivity index (χ1) is 13.6. The molecule has 0 radical (unpaired) electrons. The van der Waals surface area contributed by atoms with Crippen molar-refractivity contribution < 1.29 is 9.72 Å². The summed E-state index contributed by atoms with van der Waals surface area (Å²) in [4.78, 5) is 29.5. The number of nitro groups is 1. The van der Waals surface area contributed by atoms with Gasteiger partial charge in [0, 0.05) is 37.2 Å². The molecule has 1 fully saturated rings. The van der Waals surface area contributed by atoms with Gasteiger partial charge in [0.15, 0.2) is 0 Å². The van der Waals surface area contributed by atoms with Crippen molar-refractivity contribution in [3.8, 4) is 0 Å². The molecule has 2 aromatic carbocycles. The van der Waals surface area contributed by atoms with Crippen molar-refractivity contribution in [3.63, 3.8) is 0 Å². The topological polar surface area (TPSA) is 76.3 Å². The van der Waals surface area contributed by atoms with E-state index in [1.54, 1.807) is 35.6 Å². The van der Waals surface area contributed by atoms with Crippen LogP contribution < -0.4 is 0 Å². The highest BCUT2D eigenvalue weighted by Crippen LogP contribution is 2.33. The SMILES string of the molecule is O=C(/C=C/c1ccc([N+](=O)[O-])cc1)N1CCC[C@H](c2nc3ccccc3s2)C1. The molecule has 4 rings (SSSR count). The predicted molar refractivity (Wildman–Crippen MR) is 110 cm³/mol. The second-order valence-corrected chi connectivity index (χ2v) is 7.89. The molecule has 1 aliphatic heterocycles. The lowest BCUT2D eigenvalue weighted by Gasteiger charge is -2.31. The van der Waals surface area contributed by atoms with E-state index in [-0.39, 0.29) is 17.5 Å². The van der Waals surface area contributed by atoms with Crippen molar-refractivity contribution in [2.45, 2.75) is 18.8 Å². The molecule has 1 saturated heterocycles. The van der Waals surface area contributed by atoms with E-state index in [9.17, 15) is 14.9 Å². The van der Waals surface area contributed by atoms with Gasteiger partial charge in [-0.25, -0.2) is 4.98 Å². The zero-order chi connectivity index (χ0) is 19.5. The number of nitrogens with zero attached hydrogens (tertiary/aromatic N) is 3. The van der Waals surface area contributed by atoms with Gasteiger partial charge in [-0.05, 0) is 48.7 Å². The molecule has 0 saturated carbocycles. The van der Waals surface area contributed by atoms with Gasteiger partial charge < -0.3 is 4.90 Å². The average Bonchev–Trinajstić information content (AvgIpc) is 3.17. The van der Waals surface area contributed by atoms with Crippen LogP contribution >= 0.6 is 11.3 Å². The van der Waals surface area contributed by atoms with Gasteiger partial charge in [0.1, 0.15) is 0 Å². The zero-order valence-corrected chi connectivity index (χ0v) is 16.0. The van der Waals surface area contributed by atoms with Gasteiger partial charge in [-0.1, -0.05) is 12.1 Å². The summed E-state index contributed by atoms with van der Waals surface area (Å²) in [7, 11) is 0. The van der Waals surface area contributed by atoms with Crippen molar-refractivity contribution in [2.24, 2.45) is 0 Å². The Balaban J connectivity index is 1.43. The summed E-state index contributed by atoms with van der Waals surface area (Å²) < 4.78 is 1.18. The fraction of sp³-hybridized carbons (Fsp3) is 0.238. The number of likely N-dealkylation sites (tertiary alicyclic amines) is 1. The first-order valence-electron chi connectivity index (χ1n) is 9.17. The summed E-state index contributed by atoms with van der Waals surface area (Å²) in [5, 5.41) is 11.8. The maximum atomic E-state index is 12.6. The summed E-state index contributed by atoms with van der Waals surface area (Å²) in [6.45, 7) is 1.41. The smallest absolute Gasteiger partial charge is 0.269 e. The quantitative estimate of drug-likeness (QED) is 0.368. The molecule has 6 nitrogen and oxygen atoms in total. The van der Waals surface area contributed by atoms with Crippen LogP contribution in [0.2, 0.25) is 0 Å². The summed E-state index contributed by atoms with van der Waals surface area (Å²) in [5.41, 5.74) is 1.82. The summed E-state index contributed by atoms with van der Waals surface area (Å²) in [6, 6.07) is 14.3. The van der Waals surface area contributed by atoms with Gasteiger partial charge >= 0.3 is 0 Å². The number of aromatic nitrogens is 1. The normalized spacial score (nSPS) is 17.3. The molecule has 0 aliphatic carbocycles. The molecule has 142 valence electrons. The van der Waals surface area contributed by atoms with Crippen LogP contribution in [0.5, 0.6) is 0 Å². The van der Waals surface area contributed by atoms with Crippen LogP contribution in [0.1, 0.15) is 29.3 Å². The molecule has 1 aromatic heterocycles. The number of amides is 1. The van der Waals surface area contributed by atoms with Crippen molar-refractivity contribution in [3.05, 3.63) is 75.3 Å². The summed E-state index contributed by atoms with van der Waals surface area (Å²) >= 11 is 1.71. The molecule has 7 heteroatoms. The van der Waals surface area contributed by atoms with Crippen molar-refractivity contribution in [1.29, 1.82) is 0 Å². The molecule has 1 aliphatic rings. The maximum Gasteiger partial charge on any atom is 0.269 e. The van der Waals surface area contributed by atoms with Gasteiger partial charge in [0.25, 0.3) is 5.69 Å². The fourth-order valence-electron chi connectivity index (χ4n) is 3.42. The highest BCUT2D eigenvalue weighted by atomic mass is 32.1. The number of benzene rings is 2. The van der Waals surface area contributed by atoms with Gasteiger partial charge in [-0.3, -0.25) is 14.9 Å². The lowest BCUT2D eigenvalue weighted by molar-refractivity contribution is -0.384. The number of carbonyl (C=O) groups excluding carboxylic acids is 1. The third kappa shape index (κ3) is 3.94. The van der Waals surface area contributed by atoms with E-state index in [1.807, 2.05) is 23.1 Å². The first-order valence-corrected chi connectivity index (χ1v) is 9.99. The molecule has 0 bridgehead atoms. The average molecular weight is 393 g/mol. The van der Waals surface area contributed by atoms with Crippen LogP contribution in [0.25, 0.3) is 16.3 Å². The Morgan fingerprint density at radius 3 is 2.75 bits per heavy atom. The summed E-state index contributed by atoms with van der Waals surface area (Å²) in [6.07, 6.45) is 5.24. The Kier molecular flexibility index (Phi) is 5.16. The largest absolute Gasteiger partial charge is 0.338 e. The lowest BCUT2D eigenvalue weighted by atomic mass is 9.98. The number of fused-ring (bicyclic) bond motifs is 1. The predicted octanol–water partition coefficient (Wildman–Crippen LogP) is 4.62. The number of thiazole rings is 1. The third-order valence-electron chi connectivity index (χ3n) is 4.91. The second-order valence-electron chi connectivity index (χ2n) is 6.83. The number of carbonyl (C=O) groups is 1. The molecule has 3 aromatic rings. The van der Waals surface area contributed by atoms with Crippen LogP contribution in [0, 0.1) is 10.1 Å². The molecule has 2 heterocycles. The third-order valence-corrected chi connectivity index (χ3v) is 6.11. The molecule has 1 amide bonds. The number of para-hydroxylation sites is 1. The molecular formula is C21H19N3O3S. The minimum absolute atomic E-state index is 0.0378. The first kappa shape index (κ1) is 18.3. The number of hydrogen-bond acceptors (Lipinski definition) is 5. The monoisotopic (exact) mass is 393 g/mol. The minimum Gasteiger partial charge on any atom is -0.338 e. The highest BCUT2D eigenvalue weighted by molar-refractivity contribution is 7.18. The molecule has 0 N–H and O–H groups in total. The Morgan fingerprint density at radius 2 is 2.00 bits per heavy atom. The van der Waals surface area contributed by atoms with E-state index in [0.29, 0.717) is 6.54 Å². The second kappa shape index (κ2) is 7.90. The lowest BCUT2D eigenvalue weighted by Crippen LogP contribution is -2.38. The van der Waals surface area contributed by atoms with Crippen LogP contribution in [0.4, 0.5) is 5.69 Å². The zero-order valence-electron chi connectivity index (χ0n) is 15.2. The number of rotatable bonds is 4. The minimum atomic E-state index is -0.436. The molecule has 0 spiro atoms. The fourth-order valence-corrected chi connectivity index (χ4v) is 4.52. The van der Waals surface area contributed by atoms with Crippen molar-refractivity contribution in [1.82, 2.24) is 9.88 Å².